The van der Waals surface area contributed by atoms with Crippen LogP contribution in [0.1, 0.15) is 143 Å². The molecule has 2 aliphatic rings. The van der Waals surface area contributed by atoms with E-state index in [0.717, 1.165) is 16.8 Å². The Kier molecular flexibility index (Phi) is 13.1. The van der Waals surface area contributed by atoms with Crippen LogP contribution < -0.4 is 10.4 Å². The lowest BCUT2D eigenvalue weighted by Gasteiger charge is -2.34. The lowest BCUT2D eigenvalue weighted by Crippen LogP contribution is -2.41. The van der Waals surface area contributed by atoms with Crippen molar-refractivity contribution in [1.82, 2.24) is 0 Å². The van der Waals surface area contributed by atoms with Crippen LogP contribution in [0.4, 0.5) is 17.1 Å². The summed E-state index contributed by atoms with van der Waals surface area (Å²) in [6.45, 7) is 13.1. The summed E-state index contributed by atoms with van der Waals surface area (Å²) >= 11 is 0. The second-order valence-electron chi connectivity index (χ2n) is 17.8. The van der Waals surface area contributed by atoms with Gasteiger partial charge in [0.1, 0.15) is 0 Å². The lowest BCUT2D eigenvalue weighted by molar-refractivity contribution is 0.00578. The topological polar surface area (TPSA) is 21.7 Å². The van der Waals surface area contributed by atoms with Gasteiger partial charge in [0, 0.05) is 22.5 Å². The number of rotatable bonds is 19. The van der Waals surface area contributed by atoms with Gasteiger partial charge < -0.3 is 14.2 Å². The van der Waals surface area contributed by atoms with E-state index in [1.54, 1.807) is 5.56 Å². The number of nitrogens with zero attached hydrogens (tertiary/aromatic N) is 1. The standard InChI is InChI=1S/C53H66BNO2/c1-7-9-11-13-15-22-38-53(39-23-16-14-12-10-8-2)49-27-21-20-26-47(49)48-37-36-46(40-50(48)53)55(44-32-28-42(29-33-44)41-24-18-17-19-25-41)45-34-30-43(31-35-45)54-56-51(3,4)52(5,6)57-54/h17-21,24-37,40H,7-16,22-23,38-39H2,1-6H3. The second kappa shape index (κ2) is 18.2. The van der Waals surface area contributed by atoms with Gasteiger partial charge in [-0.25, -0.2) is 0 Å². The van der Waals surface area contributed by atoms with Crippen molar-refractivity contribution < 1.29 is 9.31 Å². The first-order valence-corrected chi connectivity index (χ1v) is 22.3. The molecule has 1 aliphatic heterocycles. The largest absolute Gasteiger partial charge is 0.494 e. The Morgan fingerprint density at radius 3 is 1.53 bits per heavy atom. The molecule has 1 aliphatic carbocycles. The molecule has 0 radical (unpaired) electrons. The Morgan fingerprint density at radius 1 is 0.456 bits per heavy atom. The highest BCUT2D eigenvalue weighted by molar-refractivity contribution is 6.62. The average molecular weight is 760 g/mol. The first-order chi connectivity index (χ1) is 27.7. The Hall–Kier alpha value is -4.12. The summed E-state index contributed by atoms with van der Waals surface area (Å²) in [7, 11) is -0.397. The summed E-state index contributed by atoms with van der Waals surface area (Å²) in [5.41, 5.74) is 12.1. The van der Waals surface area contributed by atoms with Crippen molar-refractivity contribution in [2.75, 3.05) is 4.90 Å². The molecule has 3 nitrogen and oxygen atoms in total. The number of fused-ring (bicyclic) bond motifs is 3. The molecule has 5 aromatic rings. The van der Waals surface area contributed by atoms with Crippen LogP contribution >= 0.6 is 0 Å². The maximum atomic E-state index is 6.46. The number of hydrogen-bond donors (Lipinski definition) is 0. The van der Waals surface area contributed by atoms with Crippen molar-refractivity contribution in [3.63, 3.8) is 0 Å². The summed E-state index contributed by atoms with van der Waals surface area (Å²) < 4.78 is 12.9. The molecular weight excluding hydrogens is 693 g/mol. The third-order valence-electron chi connectivity index (χ3n) is 13.3. The zero-order valence-corrected chi connectivity index (χ0v) is 35.8. The fraction of sp³-hybridized carbons (Fsp3) is 0.434. The third-order valence-corrected chi connectivity index (χ3v) is 13.3. The van der Waals surface area contributed by atoms with Gasteiger partial charge in [0.15, 0.2) is 0 Å². The SMILES string of the molecule is CCCCCCCCC1(CCCCCCCC)c2ccccc2-c2ccc(N(c3ccc(B4OC(C)(C)C(C)(C)O4)cc3)c3ccc(-c4ccccc4)cc3)cc21. The van der Waals surface area contributed by atoms with Crippen molar-refractivity contribution in [2.24, 2.45) is 0 Å². The van der Waals surface area contributed by atoms with Crippen molar-refractivity contribution in [3.05, 3.63) is 132 Å². The van der Waals surface area contributed by atoms with Crippen LogP contribution in [-0.2, 0) is 14.7 Å². The minimum atomic E-state index is -0.397. The maximum Gasteiger partial charge on any atom is 0.494 e. The second-order valence-corrected chi connectivity index (χ2v) is 17.8. The average Bonchev–Trinajstić information content (AvgIpc) is 3.63. The van der Waals surface area contributed by atoms with Crippen LogP contribution in [0.2, 0.25) is 0 Å². The molecule has 0 saturated carbocycles. The van der Waals surface area contributed by atoms with Gasteiger partial charge in [-0.2, -0.15) is 0 Å². The first kappa shape index (κ1) is 41.1. The number of benzene rings is 5. The van der Waals surface area contributed by atoms with E-state index in [1.165, 1.54) is 123 Å². The summed E-state index contributed by atoms with van der Waals surface area (Å²) in [6.07, 6.45) is 18.2. The molecule has 298 valence electrons. The Bertz CT molecular complexity index is 2000. The molecule has 1 fully saturated rings. The monoisotopic (exact) mass is 760 g/mol. The lowest BCUT2D eigenvalue weighted by atomic mass is 9.70. The molecule has 0 bridgehead atoms. The Labute approximate surface area is 345 Å². The van der Waals surface area contributed by atoms with Crippen molar-refractivity contribution in [3.8, 4) is 22.3 Å². The van der Waals surface area contributed by atoms with Gasteiger partial charge in [-0.3, -0.25) is 0 Å². The normalized spacial score (nSPS) is 16.1. The predicted octanol–water partition coefficient (Wildman–Crippen LogP) is 14.9. The van der Waals surface area contributed by atoms with E-state index in [2.05, 4.69) is 168 Å². The van der Waals surface area contributed by atoms with Gasteiger partial charge in [-0.05, 0) is 116 Å². The Balaban J connectivity index is 1.28. The number of anilines is 3. The summed E-state index contributed by atoms with van der Waals surface area (Å²) in [4.78, 5) is 2.45. The molecule has 0 spiro atoms. The fourth-order valence-electron chi connectivity index (χ4n) is 9.30. The maximum absolute atomic E-state index is 6.46. The number of unbranched alkanes of at least 4 members (excludes halogenated alkanes) is 10. The predicted molar refractivity (Wildman–Crippen MR) is 244 cm³/mol. The molecule has 0 atom stereocenters. The van der Waals surface area contributed by atoms with Crippen molar-refractivity contribution >= 4 is 29.6 Å². The first-order valence-electron chi connectivity index (χ1n) is 22.3. The minimum absolute atomic E-state index is 0.0148. The van der Waals surface area contributed by atoms with Gasteiger partial charge in [0.2, 0.25) is 0 Å². The van der Waals surface area contributed by atoms with E-state index in [9.17, 15) is 0 Å². The van der Waals surface area contributed by atoms with E-state index in [4.69, 9.17) is 9.31 Å². The summed E-state index contributed by atoms with van der Waals surface area (Å²) in [5.74, 6) is 0. The Morgan fingerprint density at radius 2 is 0.930 bits per heavy atom. The molecular formula is C53H66BNO2. The molecule has 7 rings (SSSR count). The van der Waals surface area contributed by atoms with Crippen LogP contribution in [0.5, 0.6) is 0 Å². The van der Waals surface area contributed by atoms with Crippen LogP contribution in [0.15, 0.2) is 121 Å². The van der Waals surface area contributed by atoms with E-state index in [0.29, 0.717) is 0 Å². The van der Waals surface area contributed by atoms with E-state index < -0.39 is 7.12 Å². The van der Waals surface area contributed by atoms with Gasteiger partial charge in [0.05, 0.1) is 11.2 Å². The highest BCUT2D eigenvalue weighted by Crippen LogP contribution is 2.55. The van der Waals surface area contributed by atoms with Crippen molar-refractivity contribution in [1.29, 1.82) is 0 Å². The van der Waals surface area contributed by atoms with Crippen molar-refractivity contribution in [2.45, 2.75) is 148 Å². The van der Waals surface area contributed by atoms with Gasteiger partial charge >= 0.3 is 7.12 Å². The van der Waals surface area contributed by atoms with Gasteiger partial charge in [-0.15, -0.1) is 0 Å². The highest BCUT2D eigenvalue weighted by atomic mass is 16.7. The molecule has 4 heteroatoms. The summed E-state index contributed by atoms with van der Waals surface area (Å²) in [6, 6.07) is 45.4. The van der Waals surface area contributed by atoms with E-state index in [-0.39, 0.29) is 16.6 Å². The fourth-order valence-corrected chi connectivity index (χ4v) is 9.30. The molecule has 0 N–H and O–H groups in total. The van der Waals surface area contributed by atoms with Gasteiger partial charge in [-0.1, -0.05) is 176 Å². The van der Waals surface area contributed by atoms with E-state index >= 15 is 0 Å². The van der Waals surface area contributed by atoms with Crippen LogP contribution in [0.3, 0.4) is 0 Å². The number of hydrogen-bond acceptors (Lipinski definition) is 3. The minimum Gasteiger partial charge on any atom is -0.399 e. The smallest absolute Gasteiger partial charge is 0.399 e. The third kappa shape index (κ3) is 8.84. The molecule has 57 heavy (non-hydrogen) atoms. The van der Waals surface area contributed by atoms with Gasteiger partial charge in [0.25, 0.3) is 0 Å². The quantitative estimate of drug-likeness (QED) is 0.0618. The van der Waals surface area contributed by atoms with E-state index in [1.807, 2.05) is 0 Å². The van der Waals surface area contributed by atoms with Crippen LogP contribution in [0, 0.1) is 0 Å². The van der Waals surface area contributed by atoms with Crippen LogP contribution in [-0.4, -0.2) is 18.3 Å². The zero-order chi connectivity index (χ0) is 39.9. The zero-order valence-electron chi connectivity index (χ0n) is 35.8. The molecule has 1 heterocycles. The highest BCUT2D eigenvalue weighted by Gasteiger charge is 2.51. The molecule has 0 unspecified atom stereocenters. The molecule has 5 aromatic carbocycles. The summed E-state index contributed by atoms with van der Waals surface area (Å²) in [5, 5.41) is 0. The molecule has 1 saturated heterocycles. The van der Waals surface area contributed by atoms with Crippen LogP contribution in [0.25, 0.3) is 22.3 Å². The molecule has 0 amide bonds. The molecule has 0 aromatic heterocycles.